The molecule has 1 N–H and O–H groups in total. The minimum absolute atomic E-state index is 0.754. The van der Waals surface area contributed by atoms with Gasteiger partial charge in [-0.15, -0.1) is 0 Å². The predicted molar refractivity (Wildman–Crippen MR) is 67.0 cm³/mol. The van der Waals surface area contributed by atoms with Gasteiger partial charge in [-0.2, -0.15) is 11.8 Å². The largest absolute Gasteiger partial charge is 0.316 e. The van der Waals surface area contributed by atoms with Gasteiger partial charge in [0, 0.05) is 11.8 Å². The van der Waals surface area contributed by atoms with Crippen LogP contribution in [-0.2, 0) is 0 Å². The topological polar surface area (TPSA) is 12.0 Å². The number of thioether (sulfide) groups is 1. The van der Waals surface area contributed by atoms with Crippen LogP contribution in [0.5, 0.6) is 0 Å². The zero-order valence-corrected chi connectivity index (χ0v) is 10.7. The van der Waals surface area contributed by atoms with Crippen LogP contribution in [0.4, 0.5) is 0 Å². The van der Waals surface area contributed by atoms with Gasteiger partial charge in [0.25, 0.3) is 0 Å². The number of hydrogen-bond donors (Lipinski definition) is 1. The molecule has 1 nitrogen and oxygen atoms in total. The molecule has 0 radical (unpaired) electrons. The summed E-state index contributed by atoms with van der Waals surface area (Å²) < 4.78 is 0. The Morgan fingerprint density at radius 3 is 2.43 bits per heavy atom. The van der Waals surface area contributed by atoms with Crippen molar-refractivity contribution in [2.45, 2.75) is 45.6 Å². The molecule has 2 heteroatoms. The molecule has 1 unspecified atom stereocenters. The second-order valence-corrected chi connectivity index (χ2v) is 6.02. The van der Waals surface area contributed by atoms with E-state index in [2.05, 4.69) is 38.0 Å². The molecule has 14 heavy (non-hydrogen) atoms. The smallest absolute Gasteiger partial charge is 0.0157 e. The summed E-state index contributed by atoms with van der Waals surface area (Å²) in [6.45, 7) is 4.60. The van der Waals surface area contributed by atoms with Gasteiger partial charge in [-0.1, -0.05) is 33.1 Å². The van der Waals surface area contributed by atoms with Gasteiger partial charge in [0.2, 0.25) is 0 Å². The van der Waals surface area contributed by atoms with E-state index in [-0.39, 0.29) is 0 Å². The maximum absolute atomic E-state index is 3.45. The van der Waals surface area contributed by atoms with Crippen molar-refractivity contribution < 1.29 is 0 Å². The molecule has 84 valence electrons. The van der Waals surface area contributed by atoms with Crippen molar-refractivity contribution in [1.82, 2.24) is 5.32 Å². The van der Waals surface area contributed by atoms with Gasteiger partial charge < -0.3 is 5.32 Å². The zero-order valence-electron chi connectivity index (χ0n) is 9.88. The summed E-state index contributed by atoms with van der Waals surface area (Å²) >= 11 is 2.11. The Bertz CT molecular complexity index is 143. The van der Waals surface area contributed by atoms with E-state index in [1.54, 1.807) is 0 Å². The maximum Gasteiger partial charge on any atom is 0.0157 e. The first-order valence-corrected chi connectivity index (χ1v) is 7.12. The number of hydrogen-bond acceptors (Lipinski definition) is 2. The molecule has 0 amide bonds. The van der Waals surface area contributed by atoms with Crippen LogP contribution in [-0.4, -0.2) is 24.6 Å². The Morgan fingerprint density at radius 2 is 2.00 bits per heavy atom. The van der Waals surface area contributed by atoms with E-state index < -0.39 is 0 Å². The van der Waals surface area contributed by atoms with Crippen molar-refractivity contribution in [3.05, 3.63) is 0 Å². The summed E-state index contributed by atoms with van der Waals surface area (Å²) in [5.41, 5.74) is 0. The summed E-state index contributed by atoms with van der Waals surface area (Å²) in [4.78, 5) is 0. The van der Waals surface area contributed by atoms with E-state index in [9.17, 15) is 0 Å². The maximum atomic E-state index is 3.45. The summed E-state index contributed by atoms with van der Waals surface area (Å²) in [6, 6.07) is 0.754. The third-order valence-corrected chi connectivity index (χ3v) is 4.56. The number of rotatable bonds is 7. The molecule has 0 aromatic rings. The van der Waals surface area contributed by atoms with E-state index in [0.29, 0.717) is 0 Å². The Labute approximate surface area is 93.4 Å². The van der Waals surface area contributed by atoms with E-state index in [0.717, 1.165) is 17.9 Å². The van der Waals surface area contributed by atoms with Crippen molar-refractivity contribution in [2.24, 2.45) is 11.8 Å². The summed E-state index contributed by atoms with van der Waals surface area (Å²) in [6.07, 6.45) is 5.84. The molecule has 0 bridgehead atoms. The lowest BCUT2D eigenvalue weighted by Gasteiger charge is -2.29. The molecule has 1 rings (SSSR count). The van der Waals surface area contributed by atoms with Crippen LogP contribution in [0.25, 0.3) is 0 Å². The van der Waals surface area contributed by atoms with Gasteiger partial charge in [-0.05, 0) is 31.1 Å². The lowest BCUT2D eigenvalue weighted by atomic mass is 9.81. The normalized spacial score (nSPS) is 19.7. The molecule has 0 aliphatic heterocycles. The highest BCUT2D eigenvalue weighted by molar-refractivity contribution is 7.99. The minimum Gasteiger partial charge on any atom is -0.316 e. The van der Waals surface area contributed by atoms with Crippen LogP contribution in [0.3, 0.4) is 0 Å². The second kappa shape index (κ2) is 6.73. The fourth-order valence-electron chi connectivity index (χ4n) is 1.85. The standard InChI is InChI=1S/C12H25NS/c1-10(2)8-14-9-12(13-3)7-11-5-4-6-11/h10-13H,4-9H2,1-3H3. The molecule has 1 fully saturated rings. The van der Waals surface area contributed by atoms with Crippen molar-refractivity contribution in [1.29, 1.82) is 0 Å². The van der Waals surface area contributed by atoms with Gasteiger partial charge >= 0.3 is 0 Å². The van der Waals surface area contributed by atoms with Gasteiger partial charge in [0.15, 0.2) is 0 Å². The van der Waals surface area contributed by atoms with Gasteiger partial charge in [-0.3, -0.25) is 0 Å². The quantitative estimate of drug-likeness (QED) is 0.700. The average molecular weight is 215 g/mol. The Kier molecular flexibility index (Phi) is 5.95. The van der Waals surface area contributed by atoms with E-state index in [4.69, 9.17) is 0 Å². The molecule has 0 aromatic carbocycles. The Balaban J connectivity index is 2.04. The molecule has 0 heterocycles. The third-order valence-electron chi connectivity index (χ3n) is 3.02. The van der Waals surface area contributed by atoms with Crippen LogP contribution in [0.2, 0.25) is 0 Å². The molecule has 1 atom stereocenters. The SMILES string of the molecule is CNC(CSCC(C)C)CC1CCC1. The van der Waals surface area contributed by atoms with Crippen LogP contribution in [0.1, 0.15) is 39.5 Å². The monoisotopic (exact) mass is 215 g/mol. The van der Waals surface area contributed by atoms with Crippen LogP contribution in [0.15, 0.2) is 0 Å². The summed E-state index contributed by atoms with van der Waals surface area (Å²) in [5.74, 6) is 4.47. The average Bonchev–Trinajstić information content (AvgIpc) is 2.07. The lowest BCUT2D eigenvalue weighted by Crippen LogP contribution is -2.32. The molecule has 0 spiro atoms. The first-order valence-electron chi connectivity index (χ1n) is 5.97. The van der Waals surface area contributed by atoms with E-state index >= 15 is 0 Å². The highest BCUT2D eigenvalue weighted by Gasteiger charge is 2.21. The van der Waals surface area contributed by atoms with Gasteiger partial charge in [0.05, 0.1) is 0 Å². The molecular formula is C12H25NS. The molecular weight excluding hydrogens is 190 g/mol. The van der Waals surface area contributed by atoms with Crippen molar-refractivity contribution in [3.8, 4) is 0 Å². The molecule has 1 aliphatic carbocycles. The van der Waals surface area contributed by atoms with Crippen LogP contribution in [0, 0.1) is 11.8 Å². The lowest BCUT2D eigenvalue weighted by molar-refractivity contribution is 0.272. The highest BCUT2D eigenvalue weighted by atomic mass is 32.2. The second-order valence-electron chi connectivity index (χ2n) is 4.95. The van der Waals surface area contributed by atoms with Crippen LogP contribution >= 0.6 is 11.8 Å². The first-order chi connectivity index (χ1) is 6.72. The summed E-state index contributed by atoms with van der Waals surface area (Å²) in [5, 5.41) is 3.45. The Hall–Kier alpha value is 0.310. The fraction of sp³-hybridized carbons (Fsp3) is 1.00. The third kappa shape index (κ3) is 4.70. The molecule has 0 saturated heterocycles. The Morgan fingerprint density at radius 1 is 1.29 bits per heavy atom. The van der Waals surface area contributed by atoms with E-state index in [1.807, 2.05) is 0 Å². The van der Waals surface area contributed by atoms with Crippen LogP contribution < -0.4 is 5.32 Å². The highest BCUT2D eigenvalue weighted by Crippen LogP contribution is 2.31. The molecule has 1 aliphatic rings. The predicted octanol–water partition coefficient (Wildman–Crippen LogP) is 3.15. The molecule has 0 aromatic heterocycles. The van der Waals surface area contributed by atoms with Crippen molar-refractivity contribution in [3.63, 3.8) is 0 Å². The number of nitrogens with one attached hydrogen (secondary N) is 1. The fourth-order valence-corrected chi connectivity index (χ4v) is 3.04. The van der Waals surface area contributed by atoms with Crippen molar-refractivity contribution >= 4 is 11.8 Å². The van der Waals surface area contributed by atoms with Gasteiger partial charge in [0.1, 0.15) is 0 Å². The zero-order chi connectivity index (χ0) is 10.4. The molecule has 1 saturated carbocycles. The van der Waals surface area contributed by atoms with E-state index in [1.165, 1.54) is 37.2 Å². The van der Waals surface area contributed by atoms with Crippen molar-refractivity contribution in [2.75, 3.05) is 18.6 Å². The minimum atomic E-state index is 0.754. The first kappa shape index (κ1) is 12.4. The summed E-state index contributed by atoms with van der Waals surface area (Å²) in [7, 11) is 2.11. The van der Waals surface area contributed by atoms with Gasteiger partial charge in [-0.25, -0.2) is 0 Å².